The summed E-state index contributed by atoms with van der Waals surface area (Å²) in [7, 11) is 0. The second-order valence-corrected chi connectivity index (χ2v) is 3.42. The summed E-state index contributed by atoms with van der Waals surface area (Å²) in [5.41, 5.74) is -2.31. The van der Waals surface area contributed by atoms with E-state index in [4.69, 9.17) is 2.74 Å². The SMILES string of the molecule is [2H]C([2H])(C(C)C)C(C)(C)C(F)(F)F. The monoisotopic (exact) mass is 170 g/mol. The summed E-state index contributed by atoms with van der Waals surface area (Å²) in [6, 6.07) is 0. The average Bonchev–Trinajstić information content (AvgIpc) is 1.84. The highest BCUT2D eigenvalue weighted by Gasteiger charge is 2.46. The smallest absolute Gasteiger partial charge is 0.171 e. The fraction of sp³-hybridized carbons (Fsp3) is 1.00. The molecule has 0 unspecified atom stereocenters. The van der Waals surface area contributed by atoms with Gasteiger partial charge in [0.2, 0.25) is 0 Å². The van der Waals surface area contributed by atoms with Crippen LogP contribution in [0.1, 0.15) is 36.8 Å². The van der Waals surface area contributed by atoms with Gasteiger partial charge in [-0.15, -0.1) is 0 Å². The van der Waals surface area contributed by atoms with Crippen molar-refractivity contribution in [2.75, 3.05) is 0 Å². The zero-order valence-electron chi connectivity index (χ0n) is 9.21. The second kappa shape index (κ2) is 3.03. The average molecular weight is 170 g/mol. The first-order valence-electron chi connectivity index (χ1n) is 4.51. The van der Waals surface area contributed by atoms with Crippen LogP contribution in [0.2, 0.25) is 0 Å². The van der Waals surface area contributed by atoms with Crippen LogP contribution in [0.4, 0.5) is 13.2 Å². The number of alkyl halides is 3. The Morgan fingerprint density at radius 3 is 1.73 bits per heavy atom. The van der Waals surface area contributed by atoms with Gasteiger partial charge < -0.3 is 0 Å². The Morgan fingerprint density at radius 1 is 1.27 bits per heavy atom. The predicted molar refractivity (Wildman–Crippen MR) is 39.3 cm³/mol. The van der Waals surface area contributed by atoms with E-state index in [1.165, 1.54) is 13.8 Å². The van der Waals surface area contributed by atoms with E-state index in [1.54, 1.807) is 0 Å². The molecule has 0 aliphatic rings. The molecule has 0 rings (SSSR count). The Kier molecular flexibility index (Phi) is 2.05. The number of halogens is 3. The summed E-state index contributed by atoms with van der Waals surface area (Å²) in [6.07, 6.45) is -6.76. The van der Waals surface area contributed by atoms with Crippen molar-refractivity contribution in [3.05, 3.63) is 0 Å². The molecule has 0 amide bonds. The van der Waals surface area contributed by atoms with Crippen LogP contribution < -0.4 is 0 Å². The molecule has 0 nitrogen and oxygen atoms in total. The summed E-state index contributed by atoms with van der Waals surface area (Å²) in [6.45, 7) is 4.70. The van der Waals surface area contributed by atoms with Crippen LogP contribution >= 0.6 is 0 Å². The summed E-state index contributed by atoms with van der Waals surface area (Å²) in [4.78, 5) is 0. The molecule has 0 saturated carbocycles. The van der Waals surface area contributed by atoms with Crippen molar-refractivity contribution in [3.8, 4) is 0 Å². The summed E-state index contributed by atoms with van der Waals surface area (Å²) in [5, 5.41) is 0. The molecule has 0 atom stereocenters. The quantitative estimate of drug-likeness (QED) is 0.593. The van der Waals surface area contributed by atoms with Gasteiger partial charge in [0.05, 0.1) is 5.41 Å². The highest BCUT2D eigenvalue weighted by Crippen LogP contribution is 2.41. The lowest BCUT2D eigenvalue weighted by molar-refractivity contribution is -0.216. The van der Waals surface area contributed by atoms with Gasteiger partial charge in [-0.1, -0.05) is 27.7 Å². The molecular formula is C8H15F3. The topological polar surface area (TPSA) is 0 Å². The van der Waals surface area contributed by atoms with E-state index in [1.807, 2.05) is 0 Å². The number of hydrogen-bond donors (Lipinski definition) is 0. The van der Waals surface area contributed by atoms with Gasteiger partial charge in [-0.3, -0.25) is 0 Å². The Hall–Kier alpha value is -0.210. The van der Waals surface area contributed by atoms with Crippen molar-refractivity contribution in [2.24, 2.45) is 11.3 Å². The third-order valence-electron chi connectivity index (χ3n) is 1.36. The predicted octanol–water partition coefficient (Wildman–Crippen LogP) is 3.62. The zero-order valence-corrected chi connectivity index (χ0v) is 7.21. The zero-order chi connectivity index (χ0) is 11.1. The van der Waals surface area contributed by atoms with Crippen LogP contribution in [0.3, 0.4) is 0 Å². The van der Waals surface area contributed by atoms with E-state index in [2.05, 4.69) is 0 Å². The lowest BCUT2D eigenvalue weighted by Crippen LogP contribution is -2.33. The molecule has 68 valence electrons. The van der Waals surface area contributed by atoms with E-state index >= 15 is 0 Å². The molecule has 11 heavy (non-hydrogen) atoms. The van der Waals surface area contributed by atoms with E-state index in [0.717, 1.165) is 13.8 Å². The van der Waals surface area contributed by atoms with Crippen LogP contribution in [0.25, 0.3) is 0 Å². The molecule has 0 heterocycles. The summed E-state index contributed by atoms with van der Waals surface area (Å²) >= 11 is 0. The van der Waals surface area contributed by atoms with Gasteiger partial charge in [0.15, 0.2) is 0 Å². The lowest BCUT2D eigenvalue weighted by atomic mass is 9.83. The van der Waals surface area contributed by atoms with Crippen molar-refractivity contribution in [1.82, 2.24) is 0 Å². The van der Waals surface area contributed by atoms with E-state index < -0.39 is 23.9 Å². The van der Waals surface area contributed by atoms with Crippen molar-refractivity contribution in [1.29, 1.82) is 0 Å². The van der Waals surface area contributed by atoms with Gasteiger partial charge >= 0.3 is 6.18 Å². The van der Waals surface area contributed by atoms with Crippen molar-refractivity contribution < 1.29 is 15.9 Å². The normalized spacial score (nSPS) is 18.2. The Labute approximate surface area is 68.6 Å². The van der Waals surface area contributed by atoms with Crippen LogP contribution in [0.15, 0.2) is 0 Å². The van der Waals surface area contributed by atoms with Gasteiger partial charge in [0.25, 0.3) is 0 Å². The molecule has 0 aliphatic carbocycles. The molecule has 0 radical (unpaired) electrons. The highest BCUT2D eigenvalue weighted by molar-refractivity contribution is 4.77. The second-order valence-electron chi connectivity index (χ2n) is 3.42. The molecule has 0 aromatic heterocycles. The Bertz CT molecular complexity index is 182. The molecule has 0 spiro atoms. The Morgan fingerprint density at radius 2 is 1.64 bits per heavy atom. The largest absolute Gasteiger partial charge is 0.393 e. The third-order valence-corrected chi connectivity index (χ3v) is 1.36. The number of rotatable bonds is 2. The minimum Gasteiger partial charge on any atom is -0.171 e. The van der Waals surface area contributed by atoms with Gasteiger partial charge in [0, 0.05) is 2.74 Å². The van der Waals surface area contributed by atoms with Crippen LogP contribution in [-0.4, -0.2) is 6.18 Å². The first-order chi connectivity index (χ1) is 5.44. The first-order valence-corrected chi connectivity index (χ1v) is 3.51. The summed E-state index contributed by atoms with van der Waals surface area (Å²) in [5.74, 6) is -0.663. The lowest BCUT2D eigenvalue weighted by Gasteiger charge is -2.29. The van der Waals surface area contributed by atoms with Crippen molar-refractivity contribution in [2.45, 2.75) is 40.2 Å². The van der Waals surface area contributed by atoms with Gasteiger partial charge in [-0.2, -0.15) is 13.2 Å². The molecule has 0 aromatic rings. The molecule has 0 aliphatic heterocycles. The van der Waals surface area contributed by atoms with E-state index in [9.17, 15) is 13.2 Å². The molecule has 0 N–H and O–H groups in total. The standard InChI is InChI=1S/C8H15F3/c1-6(2)5-7(3,4)8(9,10)11/h6H,5H2,1-4H3/i5D2. The number of hydrogen-bond acceptors (Lipinski definition) is 0. The van der Waals surface area contributed by atoms with Crippen LogP contribution in [-0.2, 0) is 0 Å². The minimum atomic E-state index is -4.51. The first kappa shape index (κ1) is 7.44. The molecule has 3 heteroatoms. The molecule has 0 saturated heterocycles. The van der Waals surface area contributed by atoms with Gasteiger partial charge in [0.1, 0.15) is 0 Å². The fourth-order valence-corrected chi connectivity index (χ4v) is 0.804. The highest BCUT2D eigenvalue weighted by atomic mass is 19.4. The van der Waals surface area contributed by atoms with E-state index in [-0.39, 0.29) is 0 Å². The summed E-state index contributed by atoms with van der Waals surface area (Å²) < 4.78 is 52.1. The maximum absolute atomic E-state index is 12.4. The maximum Gasteiger partial charge on any atom is 0.393 e. The van der Waals surface area contributed by atoms with Crippen LogP contribution in [0, 0.1) is 11.3 Å². The molecule has 0 bridgehead atoms. The Balaban J connectivity index is 5.04. The van der Waals surface area contributed by atoms with Crippen molar-refractivity contribution in [3.63, 3.8) is 0 Å². The van der Waals surface area contributed by atoms with Gasteiger partial charge in [-0.25, -0.2) is 0 Å². The molecular weight excluding hydrogens is 153 g/mol. The minimum absolute atomic E-state index is 0.663. The van der Waals surface area contributed by atoms with Gasteiger partial charge in [-0.05, 0) is 12.3 Å². The molecule has 0 aromatic carbocycles. The van der Waals surface area contributed by atoms with Crippen molar-refractivity contribution >= 4 is 0 Å². The maximum atomic E-state index is 12.4. The molecule has 0 fully saturated rings. The third kappa shape index (κ3) is 3.12. The van der Waals surface area contributed by atoms with E-state index in [0.29, 0.717) is 0 Å². The fourth-order valence-electron chi connectivity index (χ4n) is 0.804. The van der Waals surface area contributed by atoms with Crippen LogP contribution in [0.5, 0.6) is 0 Å².